The maximum Gasteiger partial charge on any atom is 0.472 e. The van der Waals surface area contributed by atoms with Gasteiger partial charge in [-0.1, -0.05) is 25.1 Å². The molecule has 0 saturated carbocycles. The molecule has 0 radical (unpaired) electrons. The van der Waals surface area contributed by atoms with Crippen molar-refractivity contribution < 1.29 is 31.9 Å². The van der Waals surface area contributed by atoms with Crippen LogP contribution in [0.4, 0.5) is 28.0 Å². The molecule has 7 nitrogen and oxygen atoms in total. The molecular formula is C23H24F4N4O3S. The van der Waals surface area contributed by atoms with E-state index in [-0.39, 0.29) is 23.7 Å². The number of halogens is 4. The fourth-order valence-corrected chi connectivity index (χ4v) is 4.25. The van der Waals surface area contributed by atoms with Gasteiger partial charge in [-0.05, 0) is 36.2 Å². The summed E-state index contributed by atoms with van der Waals surface area (Å²) < 4.78 is 51.7. The summed E-state index contributed by atoms with van der Waals surface area (Å²) in [5, 5.41) is 0. The van der Waals surface area contributed by atoms with Gasteiger partial charge >= 0.3 is 18.1 Å². The first-order chi connectivity index (χ1) is 16.6. The number of carbonyl (C=O) groups is 3. The lowest BCUT2D eigenvalue weighted by Gasteiger charge is -2.33. The molecule has 1 fully saturated rings. The number of nitrogens with one attached hydrogen (secondary N) is 2. The van der Waals surface area contributed by atoms with Crippen molar-refractivity contribution in [2.24, 2.45) is 0 Å². The average molecular weight is 513 g/mol. The highest BCUT2D eigenvalue weighted by molar-refractivity contribution is 7.99. The van der Waals surface area contributed by atoms with Crippen LogP contribution in [0.15, 0.2) is 42.5 Å². The Bertz CT molecular complexity index is 1070. The summed E-state index contributed by atoms with van der Waals surface area (Å²) in [5.41, 5.74) is 4.29. The second kappa shape index (κ2) is 11.4. The van der Waals surface area contributed by atoms with E-state index in [0.717, 1.165) is 29.6 Å². The maximum absolute atomic E-state index is 14.9. The van der Waals surface area contributed by atoms with Crippen molar-refractivity contribution >= 4 is 35.3 Å². The molecule has 188 valence electrons. The summed E-state index contributed by atoms with van der Waals surface area (Å²) in [6, 6.07) is 10.4. The van der Waals surface area contributed by atoms with Crippen LogP contribution in [-0.2, 0) is 17.8 Å². The zero-order chi connectivity index (χ0) is 25.6. The van der Waals surface area contributed by atoms with E-state index in [1.165, 1.54) is 22.5 Å². The van der Waals surface area contributed by atoms with Gasteiger partial charge in [0.15, 0.2) is 0 Å². The topological polar surface area (TPSA) is 81.8 Å². The number of hydrogen-bond donors (Lipinski definition) is 2. The predicted octanol–water partition coefficient (Wildman–Crippen LogP) is 3.89. The smallest absolute Gasteiger partial charge is 0.323 e. The number of rotatable bonds is 5. The van der Waals surface area contributed by atoms with Gasteiger partial charge < -0.3 is 4.90 Å². The van der Waals surface area contributed by atoms with E-state index in [2.05, 4.69) is 0 Å². The van der Waals surface area contributed by atoms with Crippen LogP contribution in [0.1, 0.15) is 28.4 Å². The summed E-state index contributed by atoms with van der Waals surface area (Å²) in [6.45, 7) is 3.02. The Kier molecular flexibility index (Phi) is 8.60. The van der Waals surface area contributed by atoms with Crippen LogP contribution in [0.3, 0.4) is 0 Å². The number of carbonyl (C=O) groups excluding carboxylic acids is 3. The number of anilines is 1. The Hall–Kier alpha value is -3.28. The average Bonchev–Trinajstić information content (AvgIpc) is 2.86. The summed E-state index contributed by atoms with van der Waals surface area (Å²) in [6.07, 6.45) is -4.36. The molecule has 3 rings (SSSR count). The number of hydrazine groups is 1. The molecule has 35 heavy (non-hydrogen) atoms. The molecule has 1 aliphatic rings. The van der Waals surface area contributed by atoms with E-state index in [0.29, 0.717) is 18.8 Å². The number of thioether (sulfide) groups is 1. The highest BCUT2D eigenvalue weighted by atomic mass is 32.2. The van der Waals surface area contributed by atoms with Gasteiger partial charge in [-0.3, -0.25) is 25.3 Å². The Morgan fingerprint density at radius 1 is 1.03 bits per heavy atom. The molecule has 0 unspecified atom stereocenters. The van der Waals surface area contributed by atoms with Crippen molar-refractivity contribution in [3.05, 3.63) is 65.0 Å². The Morgan fingerprint density at radius 2 is 1.69 bits per heavy atom. The third kappa shape index (κ3) is 6.87. The molecule has 1 saturated heterocycles. The zero-order valence-corrected chi connectivity index (χ0v) is 19.6. The number of nitrogens with zero attached hydrogens (tertiary/aromatic N) is 2. The highest BCUT2D eigenvalue weighted by Gasteiger charge is 2.39. The SMILES string of the molecule is CCc1ccc(N(Cc2ccc(C(=O)NNC(=O)C(F)(F)F)cc2F)C(=O)N2CCSCC2)cc1. The van der Waals surface area contributed by atoms with E-state index in [1.807, 2.05) is 19.1 Å². The Balaban J connectivity index is 1.79. The van der Waals surface area contributed by atoms with Crippen molar-refractivity contribution in [3.63, 3.8) is 0 Å². The third-order valence-electron chi connectivity index (χ3n) is 5.36. The first kappa shape index (κ1) is 26.3. The van der Waals surface area contributed by atoms with Gasteiger partial charge in [-0.2, -0.15) is 24.9 Å². The lowest BCUT2D eigenvalue weighted by atomic mass is 10.1. The Morgan fingerprint density at radius 3 is 2.26 bits per heavy atom. The molecule has 2 aromatic carbocycles. The molecule has 0 spiro atoms. The van der Waals surface area contributed by atoms with Gasteiger partial charge in [-0.15, -0.1) is 0 Å². The quantitative estimate of drug-likeness (QED) is 0.471. The van der Waals surface area contributed by atoms with Gasteiger partial charge in [-0.25, -0.2) is 9.18 Å². The molecule has 0 aliphatic carbocycles. The molecule has 12 heteroatoms. The lowest BCUT2D eigenvalue weighted by Crippen LogP contribution is -2.47. The third-order valence-corrected chi connectivity index (χ3v) is 6.30. The fraction of sp³-hybridized carbons (Fsp3) is 0.348. The van der Waals surface area contributed by atoms with Gasteiger partial charge in [0, 0.05) is 41.4 Å². The van der Waals surface area contributed by atoms with Crippen molar-refractivity contribution in [3.8, 4) is 0 Å². The summed E-state index contributed by atoms with van der Waals surface area (Å²) in [4.78, 5) is 39.3. The van der Waals surface area contributed by atoms with Gasteiger partial charge in [0.05, 0.1) is 6.54 Å². The lowest BCUT2D eigenvalue weighted by molar-refractivity contribution is -0.174. The van der Waals surface area contributed by atoms with Gasteiger partial charge in [0.1, 0.15) is 5.82 Å². The predicted molar refractivity (Wildman–Crippen MR) is 124 cm³/mol. The molecule has 0 aromatic heterocycles. The first-order valence-electron chi connectivity index (χ1n) is 10.8. The van der Waals surface area contributed by atoms with Crippen LogP contribution >= 0.6 is 11.8 Å². The normalized spacial score (nSPS) is 13.8. The van der Waals surface area contributed by atoms with E-state index in [9.17, 15) is 31.9 Å². The molecule has 0 bridgehead atoms. The van der Waals surface area contributed by atoms with Crippen LogP contribution < -0.4 is 15.8 Å². The van der Waals surface area contributed by atoms with Crippen molar-refractivity contribution in [2.75, 3.05) is 29.5 Å². The van der Waals surface area contributed by atoms with Crippen LogP contribution in [0.25, 0.3) is 0 Å². The van der Waals surface area contributed by atoms with Gasteiger partial charge in [0.25, 0.3) is 5.91 Å². The molecular weight excluding hydrogens is 488 g/mol. The molecule has 2 aromatic rings. The molecule has 0 atom stereocenters. The van der Waals surface area contributed by atoms with Crippen molar-refractivity contribution in [1.29, 1.82) is 0 Å². The van der Waals surface area contributed by atoms with Crippen LogP contribution in [0, 0.1) is 5.82 Å². The maximum atomic E-state index is 14.9. The molecule has 4 amide bonds. The summed E-state index contributed by atoms with van der Waals surface area (Å²) in [7, 11) is 0. The minimum atomic E-state index is -5.18. The van der Waals surface area contributed by atoms with Crippen molar-refractivity contribution in [2.45, 2.75) is 26.1 Å². The van der Waals surface area contributed by atoms with E-state index in [4.69, 9.17) is 0 Å². The molecule has 1 aliphatic heterocycles. The number of hydrogen-bond acceptors (Lipinski definition) is 4. The van der Waals surface area contributed by atoms with Crippen LogP contribution in [0.5, 0.6) is 0 Å². The number of benzene rings is 2. The second-order valence-electron chi connectivity index (χ2n) is 7.70. The van der Waals surface area contributed by atoms with Crippen LogP contribution in [0.2, 0.25) is 0 Å². The van der Waals surface area contributed by atoms with Gasteiger partial charge in [0.2, 0.25) is 0 Å². The number of aryl methyl sites for hydroxylation is 1. The largest absolute Gasteiger partial charge is 0.472 e. The zero-order valence-electron chi connectivity index (χ0n) is 18.8. The number of amides is 4. The standard InChI is InChI=1S/C23H24F4N4O3S/c1-2-15-3-7-18(8-4-15)31(22(34)30-9-11-35-12-10-30)14-17-6-5-16(13-19(17)24)20(32)28-29-21(33)23(25,26)27/h3-8,13H,2,9-12,14H2,1H3,(H,28,32)(H,29,33). The summed E-state index contributed by atoms with van der Waals surface area (Å²) in [5.74, 6) is -2.70. The van der Waals surface area contributed by atoms with Crippen molar-refractivity contribution in [1.82, 2.24) is 15.8 Å². The fourth-order valence-electron chi connectivity index (χ4n) is 3.35. The van der Waals surface area contributed by atoms with E-state index >= 15 is 0 Å². The highest BCUT2D eigenvalue weighted by Crippen LogP contribution is 2.23. The number of alkyl halides is 3. The van der Waals surface area contributed by atoms with Crippen LogP contribution in [-0.4, -0.2) is 53.5 Å². The minimum absolute atomic E-state index is 0.111. The van der Waals surface area contributed by atoms with E-state index in [1.54, 1.807) is 34.2 Å². The monoisotopic (exact) mass is 512 g/mol. The molecule has 1 heterocycles. The summed E-state index contributed by atoms with van der Waals surface area (Å²) >= 11 is 1.75. The Labute approximate surface area is 203 Å². The number of urea groups is 1. The minimum Gasteiger partial charge on any atom is -0.323 e. The molecule has 2 N–H and O–H groups in total. The second-order valence-corrected chi connectivity index (χ2v) is 8.93. The first-order valence-corrected chi connectivity index (χ1v) is 11.9. The van der Waals surface area contributed by atoms with E-state index < -0.39 is 23.8 Å².